The molecule has 0 amide bonds. The minimum Gasteiger partial charge on any atom is -0.426 e. The number of hydrogen-bond acceptors (Lipinski definition) is 6. The van der Waals surface area contributed by atoms with Gasteiger partial charge < -0.3 is 9.64 Å². The van der Waals surface area contributed by atoms with Crippen LogP contribution < -0.4 is 9.46 Å². The number of fused-ring (bicyclic) bond motifs is 3. The van der Waals surface area contributed by atoms with Gasteiger partial charge in [0.25, 0.3) is 0 Å². The third-order valence-corrected chi connectivity index (χ3v) is 10.2. The van der Waals surface area contributed by atoms with Gasteiger partial charge in [0, 0.05) is 18.2 Å². The van der Waals surface area contributed by atoms with E-state index in [1.807, 2.05) is 6.92 Å². The first-order valence-electron chi connectivity index (χ1n) is 13.7. The summed E-state index contributed by atoms with van der Waals surface area (Å²) >= 11 is 0. The van der Waals surface area contributed by atoms with Crippen LogP contribution in [0.5, 0.6) is 5.75 Å². The molecule has 4 saturated heterocycles. The zero-order valence-electron chi connectivity index (χ0n) is 22.3. The molecular weight excluding hydrogens is 486 g/mol. The number of rotatable bonds is 8. The molecule has 0 spiro atoms. The second-order valence-corrected chi connectivity index (χ2v) is 13.0. The van der Waals surface area contributed by atoms with Crippen molar-refractivity contribution in [3.05, 3.63) is 35.4 Å². The van der Waals surface area contributed by atoms with E-state index in [4.69, 9.17) is 4.74 Å². The zero-order valence-corrected chi connectivity index (χ0v) is 23.1. The number of ether oxygens (including phenoxy) is 1. The van der Waals surface area contributed by atoms with Gasteiger partial charge in [0.1, 0.15) is 5.75 Å². The van der Waals surface area contributed by atoms with Gasteiger partial charge in [0.05, 0.1) is 16.4 Å². The Hall–Kier alpha value is -2.18. The quantitative estimate of drug-likeness (QED) is 0.318. The SMILES string of the molecule is CCC(C(=O)Oc1ccc(S(=O)(=O)NC2CN3CCC2CC3)cc1C)C1=CCC(C)(N2CCCC2)C#C1. The first-order chi connectivity index (χ1) is 17.7. The van der Waals surface area contributed by atoms with Crippen molar-refractivity contribution in [2.45, 2.75) is 75.8 Å². The van der Waals surface area contributed by atoms with E-state index in [0.29, 0.717) is 23.7 Å². The Morgan fingerprint density at radius 2 is 1.95 bits per heavy atom. The predicted molar refractivity (Wildman–Crippen MR) is 144 cm³/mol. The molecule has 1 aromatic carbocycles. The molecule has 3 unspecified atom stereocenters. The van der Waals surface area contributed by atoms with Gasteiger partial charge in [-0.2, -0.15) is 0 Å². The van der Waals surface area contributed by atoms with E-state index >= 15 is 0 Å². The third-order valence-electron chi connectivity index (χ3n) is 8.70. The van der Waals surface area contributed by atoms with Gasteiger partial charge in [-0.1, -0.05) is 24.8 Å². The molecule has 4 aliphatic heterocycles. The van der Waals surface area contributed by atoms with Crippen LogP contribution in [0.15, 0.2) is 34.7 Å². The molecule has 3 atom stereocenters. The maximum absolute atomic E-state index is 13.2. The molecule has 1 aliphatic carbocycles. The fraction of sp³-hybridized carbons (Fsp3) is 0.621. The lowest BCUT2D eigenvalue weighted by Gasteiger charge is -2.44. The van der Waals surface area contributed by atoms with Crippen molar-refractivity contribution in [2.24, 2.45) is 11.8 Å². The van der Waals surface area contributed by atoms with Crippen LogP contribution in [0.3, 0.4) is 0 Å². The molecular formula is C29H39N3O4S. The molecule has 37 heavy (non-hydrogen) atoms. The minimum absolute atomic E-state index is 0.0483. The third kappa shape index (κ3) is 5.51. The van der Waals surface area contributed by atoms with Crippen LogP contribution in [0.1, 0.15) is 57.9 Å². The summed E-state index contributed by atoms with van der Waals surface area (Å²) in [7, 11) is -3.65. The molecule has 7 nitrogen and oxygen atoms in total. The molecule has 5 aliphatic rings. The second kappa shape index (κ2) is 10.5. The Kier molecular flexibility index (Phi) is 7.52. The Labute approximate surface area is 221 Å². The highest BCUT2D eigenvalue weighted by Crippen LogP contribution is 2.32. The van der Waals surface area contributed by atoms with Gasteiger partial charge in [0.15, 0.2) is 0 Å². The Morgan fingerprint density at radius 3 is 2.51 bits per heavy atom. The number of carbonyl (C=O) groups excluding carboxylic acids is 1. The molecule has 2 bridgehead atoms. The van der Waals surface area contributed by atoms with Crippen LogP contribution in [0.4, 0.5) is 0 Å². The van der Waals surface area contributed by atoms with E-state index in [2.05, 4.69) is 39.4 Å². The maximum atomic E-state index is 13.2. The van der Waals surface area contributed by atoms with Crippen molar-refractivity contribution in [3.63, 3.8) is 0 Å². The van der Waals surface area contributed by atoms with Crippen molar-refractivity contribution in [1.29, 1.82) is 0 Å². The van der Waals surface area contributed by atoms with E-state index < -0.39 is 15.9 Å². The van der Waals surface area contributed by atoms with Crippen molar-refractivity contribution < 1.29 is 17.9 Å². The summed E-state index contributed by atoms with van der Waals surface area (Å²) in [4.78, 5) is 18.1. The summed E-state index contributed by atoms with van der Waals surface area (Å²) in [6.07, 6.45) is 8.01. The smallest absolute Gasteiger partial charge is 0.319 e. The average molecular weight is 526 g/mol. The van der Waals surface area contributed by atoms with Crippen LogP contribution in [-0.4, -0.2) is 68.5 Å². The number of carbonyl (C=O) groups is 1. The van der Waals surface area contributed by atoms with E-state index in [1.54, 1.807) is 19.1 Å². The molecule has 0 radical (unpaired) electrons. The highest BCUT2D eigenvalue weighted by molar-refractivity contribution is 7.89. The fourth-order valence-electron chi connectivity index (χ4n) is 6.23. The number of nitrogens with zero attached hydrogens (tertiary/aromatic N) is 2. The molecule has 0 aromatic heterocycles. The van der Waals surface area contributed by atoms with E-state index in [1.165, 1.54) is 18.9 Å². The maximum Gasteiger partial charge on any atom is 0.319 e. The van der Waals surface area contributed by atoms with Gasteiger partial charge >= 0.3 is 5.97 Å². The second-order valence-electron chi connectivity index (χ2n) is 11.3. The highest BCUT2D eigenvalue weighted by atomic mass is 32.2. The summed E-state index contributed by atoms with van der Waals surface area (Å²) in [5, 5.41) is 0. The molecule has 6 rings (SSSR count). The lowest BCUT2D eigenvalue weighted by Crippen LogP contribution is -2.57. The Morgan fingerprint density at radius 1 is 1.22 bits per heavy atom. The van der Waals surface area contributed by atoms with Gasteiger partial charge in [-0.15, -0.1) is 0 Å². The first-order valence-corrected chi connectivity index (χ1v) is 15.2. The molecule has 0 saturated carbocycles. The molecule has 4 fully saturated rings. The minimum atomic E-state index is -3.65. The zero-order chi connectivity index (χ0) is 26.2. The number of likely N-dealkylation sites (tertiary alicyclic amines) is 1. The fourth-order valence-corrected chi connectivity index (χ4v) is 7.61. The molecule has 1 N–H and O–H groups in total. The standard InChI is InChI=1S/C29H39N3O4S/c1-4-25(22-9-13-29(3,14-10-22)32-15-5-6-16-32)28(33)36-27-8-7-24(19-21(27)2)37(34,35)30-26-20-31-17-11-23(26)12-18-31/h7-9,19,23,25-26,30H,4-6,11-13,15-18,20H2,1-3H3. The van der Waals surface area contributed by atoms with Gasteiger partial charge in [-0.05, 0) is 108 Å². The van der Waals surface area contributed by atoms with Gasteiger partial charge in [-0.25, -0.2) is 13.1 Å². The summed E-state index contributed by atoms with van der Waals surface area (Å²) < 4.78 is 34.9. The molecule has 200 valence electrons. The Bertz CT molecular complexity index is 1230. The number of benzene rings is 1. The van der Waals surface area contributed by atoms with Crippen LogP contribution in [0.25, 0.3) is 0 Å². The summed E-state index contributed by atoms with van der Waals surface area (Å²) in [6, 6.07) is 4.67. The average Bonchev–Trinajstić information content (AvgIpc) is 3.44. The van der Waals surface area contributed by atoms with Crippen LogP contribution in [0, 0.1) is 30.6 Å². The Balaban J connectivity index is 1.24. The number of esters is 1. The lowest BCUT2D eigenvalue weighted by molar-refractivity contribution is -0.137. The number of sulfonamides is 1. The summed E-state index contributed by atoms with van der Waals surface area (Å²) in [6.45, 7) is 11.0. The van der Waals surface area contributed by atoms with E-state index in [0.717, 1.165) is 57.6 Å². The van der Waals surface area contributed by atoms with E-state index in [9.17, 15) is 13.2 Å². The molecule has 1 aromatic rings. The number of hydrogen-bond donors (Lipinski definition) is 1. The normalized spacial score (nSPS) is 30.4. The molecule has 8 heteroatoms. The van der Waals surface area contributed by atoms with Crippen molar-refractivity contribution >= 4 is 16.0 Å². The summed E-state index contributed by atoms with van der Waals surface area (Å²) in [5.74, 6) is 6.70. The molecule has 4 heterocycles. The lowest BCUT2D eigenvalue weighted by atomic mass is 9.85. The number of piperidine rings is 3. The van der Waals surface area contributed by atoms with Gasteiger partial charge in [-0.3, -0.25) is 9.69 Å². The van der Waals surface area contributed by atoms with Crippen LogP contribution >= 0.6 is 0 Å². The van der Waals surface area contributed by atoms with Crippen molar-refractivity contribution in [2.75, 3.05) is 32.7 Å². The van der Waals surface area contributed by atoms with E-state index in [-0.39, 0.29) is 22.4 Å². The summed E-state index contributed by atoms with van der Waals surface area (Å²) in [5.41, 5.74) is 1.27. The van der Waals surface area contributed by atoms with Crippen molar-refractivity contribution in [1.82, 2.24) is 14.5 Å². The monoisotopic (exact) mass is 525 g/mol. The topological polar surface area (TPSA) is 78.9 Å². The van der Waals surface area contributed by atoms with Gasteiger partial charge in [0.2, 0.25) is 10.0 Å². The van der Waals surface area contributed by atoms with Crippen LogP contribution in [0.2, 0.25) is 0 Å². The number of nitrogens with one attached hydrogen (secondary N) is 1. The van der Waals surface area contributed by atoms with Crippen molar-refractivity contribution in [3.8, 4) is 17.6 Å². The number of aryl methyl sites for hydroxylation is 1. The predicted octanol–water partition coefficient (Wildman–Crippen LogP) is 3.49. The largest absolute Gasteiger partial charge is 0.426 e. The van der Waals surface area contributed by atoms with Crippen LogP contribution in [-0.2, 0) is 14.8 Å². The first kappa shape index (κ1) is 26.4. The highest BCUT2D eigenvalue weighted by Gasteiger charge is 2.37.